The Morgan fingerprint density at radius 2 is 1.78 bits per heavy atom. The Morgan fingerprint density at radius 1 is 0.951 bits per heavy atom. The van der Waals surface area contributed by atoms with Gasteiger partial charge in [0.25, 0.3) is 0 Å². The van der Waals surface area contributed by atoms with Gasteiger partial charge in [-0.2, -0.15) is 5.10 Å². The predicted molar refractivity (Wildman–Crippen MR) is 157 cm³/mol. The lowest BCUT2D eigenvalue weighted by molar-refractivity contribution is 0.586. The number of aromatic nitrogens is 6. The van der Waals surface area contributed by atoms with E-state index in [0.29, 0.717) is 39.4 Å². The van der Waals surface area contributed by atoms with Gasteiger partial charge < -0.3 is 10.3 Å². The van der Waals surface area contributed by atoms with Crippen molar-refractivity contribution in [1.29, 1.82) is 0 Å². The van der Waals surface area contributed by atoms with Crippen LogP contribution in [0.4, 0.5) is 4.39 Å². The number of aromatic amines is 2. The summed E-state index contributed by atoms with van der Waals surface area (Å²) in [4.78, 5) is 17.2. The largest absolute Gasteiger partial charge is 0.337 e. The van der Waals surface area contributed by atoms with Gasteiger partial charge in [0, 0.05) is 48.4 Å². The van der Waals surface area contributed by atoms with Gasteiger partial charge in [-0.25, -0.2) is 27.5 Å². The van der Waals surface area contributed by atoms with Crippen LogP contribution in [-0.4, -0.2) is 51.4 Å². The molecule has 0 saturated carbocycles. The van der Waals surface area contributed by atoms with Crippen molar-refractivity contribution in [3.63, 3.8) is 0 Å². The zero-order valence-electron chi connectivity index (χ0n) is 22.4. The summed E-state index contributed by atoms with van der Waals surface area (Å²) >= 11 is 0. The van der Waals surface area contributed by atoms with Crippen molar-refractivity contribution in [3.05, 3.63) is 84.1 Å². The van der Waals surface area contributed by atoms with E-state index in [1.807, 2.05) is 36.7 Å². The smallest absolute Gasteiger partial charge is 0.209 e. The Kier molecular flexibility index (Phi) is 7.03. The molecule has 0 aliphatic carbocycles. The van der Waals surface area contributed by atoms with E-state index in [2.05, 4.69) is 48.2 Å². The van der Waals surface area contributed by atoms with E-state index in [1.54, 1.807) is 12.3 Å². The number of H-pyrrole nitrogens is 2. The van der Waals surface area contributed by atoms with Gasteiger partial charge in [0.1, 0.15) is 11.5 Å². The summed E-state index contributed by atoms with van der Waals surface area (Å²) in [6.45, 7) is 3.64. The Hall–Kier alpha value is -4.52. The van der Waals surface area contributed by atoms with Gasteiger partial charge >= 0.3 is 0 Å². The van der Waals surface area contributed by atoms with Crippen LogP contribution in [0.5, 0.6) is 0 Å². The first-order chi connectivity index (χ1) is 19.8. The van der Waals surface area contributed by atoms with E-state index >= 15 is 0 Å². The molecule has 0 unspecified atom stereocenters. The van der Waals surface area contributed by atoms with Crippen LogP contribution in [-0.2, 0) is 23.1 Å². The fraction of sp³-hybridized carbons (Fsp3) is 0.172. The number of hydrogen-bond donors (Lipinski definition) is 4. The molecule has 12 heteroatoms. The third-order valence-electron chi connectivity index (χ3n) is 6.67. The number of sulfonamides is 1. The number of hydrogen-bond acceptors (Lipinski definition) is 7. The number of para-hydroxylation sites is 1. The van der Waals surface area contributed by atoms with Crippen LogP contribution in [0.25, 0.3) is 55.8 Å². The number of nitrogens with one attached hydrogen (secondary N) is 4. The molecule has 6 rings (SSSR count). The number of imidazole rings is 1. The second-order valence-electron chi connectivity index (χ2n) is 9.78. The highest BCUT2D eigenvalue weighted by atomic mass is 32.2. The van der Waals surface area contributed by atoms with Crippen LogP contribution in [0.15, 0.2) is 67.1 Å². The maximum Gasteiger partial charge on any atom is 0.209 e. The van der Waals surface area contributed by atoms with Gasteiger partial charge in [-0.05, 0) is 59.6 Å². The van der Waals surface area contributed by atoms with E-state index in [1.165, 1.54) is 12.1 Å². The van der Waals surface area contributed by atoms with Crippen molar-refractivity contribution in [2.75, 3.05) is 12.8 Å². The molecule has 0 amide bonds. The molecular weight excluding hydrogens is 543 g/mol. The van der Waals surface area contributed by atoms with E-state index in [9.17, 15) is 12.8 Å². The third kappa shape index (κ3) is 5.71. The predicted octanol–water partition coefficient (Wildman–Crippen LogP) is 4.53. The molecule has 0 saturated heterocycles. The number of pyridine rings is 2. The maximum absolute atomic E-state index is 14.6. The van der Waals surface area contributed by atoms with Crippen molar-refractivity contribution in [3.8, 4) is 33.8 Å². The highest BCUT2D eigenvalue weighted by Crippen LogP contribution is 2.33. The minimum absolute atomic E-state index is 0.0203. The van der Waals surface area contributed by atoms with Gasteiger partial charge in [-0.1, -0.05) is 19.1 Å². The molecule has 208 valence electrons. The van der Waals surface area contributed by atoms with E-state index in [0.717, 1.165) is 46.9 Å². The lowest BCUT2D eigenvalue weighted by Gasteiger charge is -2.08. The normalized spacial score (nSPS) is 12.0. The third-order valence-corrected chi connectivity index (χ3v) is 7.34. The summed E-state index contributed by atoms with van der Waals surface area (Å²) in [5.74, 6) is 0.0635. The highest BCUT2D eigenvalue weighted by molar-refractivity contribution is 7.88. The molecule has 10 nitrogen and oxygen atoms in total. The molecule has 0 bridgehead atoms. The summed E-state index contributed by atoms with van der Waals surface area (Å²) in [5.41, 5.74) is 7.31. The first kappa shape index (κ1) is 26.7. The summed E-state index contributed by atoms with van der Waals surface area (Å²) in [5, 5.41) is 11.6. The Labute approximate surface area is 235 Å². The average molecular weight is 571 g/mol. The molecule has 6 aromatic rings. The van der Waals surface area contributed by atoms with Gasteiger partial charge in [-0.15, -0.1) is 0 Å². The van der Waals surface area contributed by atoms with Crippen LogP contribution < -0.4 is 10.0 Å². The summed E-state index contributed by atoms with van der Waals surface area (Å²) < 4.78 is 40.1. The molecular formula is C29H27FN8O2S. The number of benzene rings is 2. The number of halogens is 1. The summed E-state index contributed by atoms with van der Waals surface area (Å²) in [7, 11) is -3.43. The molecule has 2 aromatic carbocycles. The zero-order chi connectivity index (χ0) is 28.6. The number of fused-ring (bicyclic) bond motifs is 2. The minimum atomic E-state index is -3.43. The lowest BCUT2D eigenvalue weighted by atomic mass is 10.0. The first-order valence-corrected chi connectivity index (χ1v) is 14.9. The quantitative estimate of drug-likeness (QED) is 0.200. The average Bonchev–Trinajstić information content (AvgIpc) is 3.58. The van der Waals surface area contributed by atoms with Gasteiger partial charge in [-0.3, -0.25) is 10.1 Å². The van der Waals surface area contributed by atoms with Crippen molar-refractivity contribution in [1.82, 2.24) is 40.2 Å². The van der Waals surface area contributed by atoms with Crippen LogP contribution in [0.1, 0.15) is 18.1 Å². The molecule has 0 radical (unpaired) electrons. The maximum atomic E-state index is 14.6. The second kappa shape index (κ2) is 10.8. The van der Waals surface area contributed by atoms with E-state index in [-0.39, 0.29) is 6.54 Å². The molecule has 0 fully saturated rings. The standard InChI is InChI=1S/C29H27FN8O2S/c1-3-31-12-18-8-20(15-32-13-18)21-11-24-27(37-38-28(24)33-16-21)29-35-25-6-4-5-23(26(25)36-29)19-7-17(9-22(30)10-19)14-34-41(2,39)40/h4-11,13,15-16,31,34H,3,12,14H2,1-2H3,(H,35,36)(H,33,37,38). The molecule has 0 aliphatic heterocycles. The topological polar surface area (TPSA) is 141 Å². The van der Waals surface area contributed by atoms with Crippen LogP contribution >= 0.6 is 0 Å². The zero-order valence-corrected chi connectivity index (χ0v) is 23.2. The second-order valence-corrected chi connectivity index (χ2v) is 11.6. The number of nitrogens with zero attached hydrogens (tertiary/aromatic N) is 4. The molecule has 0 aliphatic rings. The van der Waals surface area contributed by atoms with Crippen LogP contribution in [0, 0.1) is 5.82 Å². The lowest BCUT2D eigenvalue weighted by Crippen LogP contribution is -2.21. The Bertz CT molecular complexity index is 2000. The van der Waals surface area contributed by atoms with Crippen molar-refractivity contribution in [2.24, 2.45) is 0 Å². The number of rotatable bonds is 9. The molecule has 4 aromatic heterocycles. The van der Waals surface area contributed by atoms with Gasteiger partial charge in [0.15, 0.2) is 11.5 Å². The Balaban J connectivity index is 1.39. The molecule has 4 N–H and O–H groups in total. The van der Waals surface area contributed by atoms with Crippen molar-refractivity contribution < 1.29 is 12.8 Å². The molecule has 4 heterocycles. The summed E-state index contributed by atoms with van der Waals surface area (Å²) in [6, 6.07) is 14.2. The highest BCUT2D eigenvalue weighted by Gasteiger charge is 2.17. The van der Waals surface area contributed by atoms with Crippen LogP contribution in [0.3, 0.4) is 0 Å². The molecule has 41 heavy (non-hydrogen) atoms. The van der Waals surface area contributed by atoms with Crippen LogP contribution in [0.2, 0.25) is 0 Å². The molecule has 0 atom stereocenters. The Morgan fingerprint density at radius 3 is 2.61 bits per heavy atom. The van der Waals surface area contributed by atoms with Gasteiger partial charge in [0.05, 0.1) is 22.7 Å². The monoisotopic (exact) mass is 570 g/mol. The molecule has 0 spiro atoms. The SMILES string of the molecule is CCNCc1cncc(-c2cnc3[nH]nc(-c4nc5c(-c6cc(F)cc(CNS(C)(=O)=O)c6)cccc5[nH]4)c3c2)c1. The minimum Gasteiger partial charge on any atom is -0.337 e. The van der Waals surface area contributed by atoms with E-state index in [4.69, 9.17) is 4.98 Å². The fourth-order valence-electron chi connectivity index (χ4n) is 4.75. The van der Waals surface area contributed by atoms with Gasteiger partial charge in [0.2, 0.25) is 10.0 Å². The van der Waals surface area contributed by atoms with E-state index < -0.39 is 15.8 Å². The van der Waals surface area contributed by atoms with Crippen molar-refractivity contribution in [2.45, 2.75) is 20.0 Å². The summed E-state index contributed by atoms with van der Waals surface area (Å²) in [6.07, 6.45) is 6.51. The first-order valence-electron chi connectivity index (χ1n) is 13.0. The fourth-order valence-corrected chi connectivity index (χ4v) is 5.18. The van der Waals surface area contributed by atoms with Crippen molar-refractivity contribution >= 4 is 32.1 Å².